The number of halogens is 1. The molecule has 0 saturated heterocycles. The van der Waals surface area contributed by atoms with Crippen LogP contribution in [0.25, 0.3) is 0 Å². The van der Waals surface area contributed by atoms with Crippen molar-refractivity contribution < 1.29 is 0 Å². The minimum absolute atomic E-state index is 0.521. The van der Waals surface area contributed by atoms with Gasteiger partial charge in [0, 0.05) is 11.6 Å². The van der Waals surface area contributed by atoms with E-state index < -0.39 is 0 Å². The number of aromatic nitrogens is 2. The fraction of sp³-hybridized carbons (Fsp3) is 0.692. The van der Waals surface area contributed by atoms with E-state index in [-0.39, 0.29) is 0 Å². The van der Waals surface area contributed by atoms with Crippen molar-refractivity contribution in [3.05, 3.63) is 22.7 Å². The molecule has 1 aromatic heterocycles. The molecule has 1 aliphatic carbocycles. The lowest BCUT2D eigenvalue weighted by atomic mass is 9.82. The standard InChI is InChI=1S/C13H19ClN2/c1-3-11-8-12(14)16-13(15-11)10-6-4-5-9(2)7-10/h8-10H,3-7H2,1-2H3. The van der Waals surface area contributed by atoms with Crippen LogP contribution < -0.4 is 0 Å². The maximum atomic E-state index is 6.03. The van der Waals surface area contributed by atoms with Crippen LogP contribution in [0.2, 0.25) is 5.15 Å². The van der Waals surface area contributed by atoms with Gasteiger partial charge in [-0.25, -0.2) is 9.97 Å². The maximum absolute atomic E-state index is 6.03. The van der Waals surface area contributed by atoms with Gasteiger partial charge in [-0.15, -0.1) is 0 Å². The molecule has 0 amide bonds. The van der Waals surface area contributed by atoms with E-state index in [4.69, 9.17) is 11.6 Å². The Kier molecular flexibility index (Phi) is 3.80. The summed E-state index contributed by atoms with van der Waals surface area (Å²) in [6.45, 7) is 4.42. The fourth-order valence-electron chi connectivity index (χ4n) is 2.52. The van der Waals surface area contributed by atoms with Crippen molar-refractivity contribution in [2.75, 3.05) is 0 Å². The quantitative estimate of drug-likeness (QED) is 0.729. The fourth-order valence-corrected chi connectivity index (χ4v) is 2.73. The van der Waals surface area contributed by atoms with E-state index in [9.17, 15) is 0 Å². The summed E-state index contributed by atoms with van der Waals surface area (Å²) in [5.41, 5.74) is 1.06. The summed E-state index contributed by atoms with van der Waals surface area (Å²) in [6.07, 6.45) is 6.00. The van der Waals surface area contributed by atoms with Crippen molar-refractivity contribution in [1.29, 1.82) is 0 Å². The molecule has 2 unspecified atom stereocenters. The molecule has 2 nitrogen and oxygen atoms in total. The second kappa shape index (κ2) is 5.13. The van der Waals surface area contributed by atoms with E-state index in [1.807, 2.05) is 6.07 Å². The summed E-state index contributed by atoms with van der Waals surface area (Å²) in [7, 11) is 0. The van der Waals surface area contributed by atoms with Gasteiger partial charge in [0.05, 0.1) is 0 Å². The van der Waals surface area contributed by atoms with Gasteiger partial charge in [0.2, 0.25) is 0 Å². The third-order valence-corrected chi connectivity index (χ3v) is 3.62. The molecule has 1 saturated carbocycles. The lowest BCUT2D eigenvalue weighted by molar-refractivity contribution is 0.335. The Labute approximate surface area is 102 Å². The molecule has 1 aromatic rings. The molecule has 0 N–H and O–H groups in total. The first-order valence-corrected chi connectivity index (χ1v) is 6.60. The summed E-state index contributed by atoms with van der Waals surface area (Å²) in [6, 6.07) is 1.87. The Balaban J connectivity index is 2.21. The smallest absolute Gasteiger partial charge is 0.133 e. The van der Waals surface area contributed by atoms with Crippen molar-refractivity contribution >= 4 is 11.6 Å². The predicted octanol–water partition coefficient (Wildman–Crippen LogP) is 3.99. The molecule has 0 aliphatic heterocycles. The third kappa shape index (κ3) is 2.73. The van der Waals surface area contributed by atoms with Gasteiger partial charge in [0.15, 0.2) is 0 Å². The highest BCUT2D eigenvalue weighted by Crippen LogP contribution is 2.34. The molecule has 2 rings (SSSR count). The Hall–Kier alpha value is -0.630. The average molecular weight is 239 g/mol. The first kappa shape index (κ1) is 11.8. The van der Waals surface area contributed by atoms with Gasteiger partial charge >= 0.3 is 0 Å². The molecule has 3 heteroatoms. The predicted molar refractivity (Wildman–Crippen MR) is 66.8 cm³/mol. The second-order valence-corrected chi connectivity index (χ2v) is 5.25. The lowest BCUT2D eigenvalue weighted by Crippen LogP contribution is -2.15. The van der Waals surface area contributed by atoms with E-state index in [0.717, 1.165) is 23.9 Å². The van der Waals surface area contributed by atoms with Crippen LogP contribution in [-0.2, 0) is 6.42 Å². The van der Waals surface area contributed by atoms with Gasteiger partial charge < -0.3 is 0 Å². The van der Waals surface area contributed by atoms with Crippen LogP contribution in [0, 0.1) is 5.92 Å². The Morgan fingerprint density at radius 3 is 2.88 bits per heavy atom. The number of rotatable bonds is 2. The first-order valence-electron chi connectivity index (χ1n) is 6.22. The molecule has 1 aliphatic rings. The largest absolute Gasteiger partial charge is 0.238 e. The normalized spacial score (nSPS) is 25.7. The van der Waals surface area contributed by atoms with E-state index in [0.29, 0.717) is 11.1 Å². The summed E-state index contributed by atoms with van der Waals surface area (Å²) in [5.74, 6) is 2.29. The molecule has 2 atom stereocenters. The van der Waals surface area contributed by atoms with Gasteiger partial charge in [-0.2, -0.15) is 0 Å². The zero-order valence-electron chi connectivity index (χ0n) is 10.0. The molecule has 0 bridgehead atoms. The van der Waals surface area contributed by atoms with Crippen molar-refractivity contribution in [2.24, 2.45) is 5.92 Å². The summed E-state index contributed by atoms with van der Waals surface area (Å²) < 4.78 is 0. The van der Waals surface area contributed by atoms with Crippen LogP contribution in [0.15, 0.2) is 6.07 Å². The SMILES string of the molecule is CCc1cc(Cl)nc(C2CCCC(C)C2)n1. The first-order chi connectivity index (χ1) is 7.69. The Bertz CT molecular complexity index is 365. The van der Waals surface area contributed by atoms with Crippen LogP contribution in [0.5, 0.6) is 0 Å². The number of aryl methyl sites for hydroxylation is 1. The zero-order valence-corrected chi connectivity index (χ0v) is 10.8. The number of nitrogens with zero attached hydrogens (tertiary/aromatic N) is 2. The van der Waals surface area contributed by atoms with E-state index in [1.54, 1.807) is 0 Å². The Morgan fingerprint density at radius 2 is 2.19 bits per heavy atom. The van der Waals surface area contributed by atoms with Gasteiger partial charge in [0.25, 0.3) is 0 Å². The minimum Gasteiger partial charge on any atom is -0.238 e. The summed E-state index contributed by atoms with van der Waals surface area (Å²) >= 11 is 6.03. The summed E-state index contributed by atoms with van der Waals surface area (Å²) in [4.78, 5) is 9.01. The Morgan fingerprint density at radius 1 is 1.38 bits per heavy atom. The molecule has 0 aromatic carbocycles. The van der Waals surface area contributed by atoms with Crippen molar-refractivity contribution in [1.82, 2.24) is 9.97 Å². The highest BCUT2D eigenvalue weighted by molar-refractivity contribution is 6.29. The zero-order chi connectivity index (χ0) is 11.5. The molecule has 0 radical (unpaired) electrons. The van der Waals surface area contributed by atoms with E-state index in [1.165, 1.54) is 25.7 Å². The van der Waals surface area contributed by atoms with Gasteiger partial charge in [-0.1, -0.05) is 38.3 Å². The minimum atomic E-state index is 0.521. The van der Waals surface area contributed by atoms with Crippen molar-refractivity contribution in [3.63, 3.8) is 0 Å². The van der Waals surface area contributed by atoms with Gasteiger partial charge in [-0.3, -0.25) is 0 Å². The second-order valence-electron chi connectivity index (χ2n) is 4.86. The monoisotopic (exact) mass is 238 g/mol. The van der Waals surface area contributed by atoms with Crippen LogP contribution >= 0.6 is 11.6 Å². The molecule has 88 valence electrons. The van der Waals surface area contributed by atoms with Crippen molar-refractivity contribution in [2.45, 2.75) is 51.9 Å². The maximum Gasteiger partial charge on any atom is 0.133 e. The highest BCUT2D eigenvalue weighted by atomic mass is 35.5. The van der Waals surface area contributed by atoms with Crippen molar-refractivity contribution in [3.8, 4) is 0 Å². The number of hydrogen-bond acceptors (Lipinski definition) is 2. The van der Waals surface area contributed by atoms with Gasteiger partial charge in [0.1, 0.15) is 11.0 Å². The lowest BCUT2D eigenvalue weighted by Gasteiger charge is -2.25. The molecule has 1 fully saturated rings. The van der Waals surface area contributed by atoms with E-state index >= 15 is 0 Å². The molecule has 0 spiro atoms. The molecular weight excluding hydrogens is 220 g/mol. The van der Waals surface area contributed by atoms with Crippen LogP contribution in [0.1, 0.15) is 57.0 Å². The number of hydrogen-bond donors (Lipinski definition) is 0. The molecular formula is C13H19ClN2. The topological polar surface area (TPSA) is 25.8 Å². The van der Waals surface area contributed by atoms with Crippen LogP contribution in [0.4, 0.5) is 0 Å². The molecule has 16 heavy (non-hydrogen) atoms. The highest BCUT2D eigenvalue weighted by Gasteiger charge is 2.23. The van der Waals surface area contributed by atoms with Gasteiger partial charge in [-0.05, 0) is 31.2 Å². The summed E-state index contributed by atoms with van der Waals surface area (Å²) in [5, 5.41) is 0.597. The molecule has 1 heterocycles. The average Bonchev–Trinajstić information content (AvgIpc) is 2.28. The van der Waals surface area contributed by atoms with Crippen LogP contribution in [-0.4, -0.2) is 9.97 Å². The third-order valence-electron chi connectivity index (χ3n) is 3.43. The van der Waals surface area contributed by atoms with E-state index in [2.05, 4.69) is 23.8 Å². The van der Waals surface area contributed by atoms with Crippen LogP contribution in [0.3, 0.4) is 0 Å².